The number of para-hydroxylation sites is 2. The average Bonchev–Trinajstić information content (AvgIpc) is 2.69. The third kappa shape index (κ3) is 4.95. The Kier molecular flexibility index (Phi) is 6.78. The predicted molar refractivity (Wildman–Crippen MR) is 108 cm³/mol. The molecule has 2 aromatic carbocycles. The molecule has 1 heterocycles. The van der Waals surface area contributed by atoms with E-state index in [-0.39, 0.29) is 31.2 Å². The lowest BCUT2D eigenvalue weighted by atomic mass is 10.1. The van der Waals surface area contributed by atoms with Gasteiger partial charge in [-0.2, -0.15) is 0 Å². The molecule has 28 heavy (non-hydrogen) atoms. The SMILES string of the molecule is O=C(CCC(=O)N1CCOc2ccccc21)NCC(O)c1ccc(Cl)cc1Cl. The molecule has 0 aromatic heterocycles. The number of hydrogen-bond acceptors (Lipinski definition) is 4. The highest BCUT2D eigenvalue weighted by atomic mass is 35.5. The van der Waals surface area contributed by atoms with Crippen LogP contribution in [0.1, 0.15) is 24.5 Å². The minimum Gasteiger partial charge on any atom is -0.490 e. The van der Waals surface area contributed by atoms with Gasteiger partial charge in [-0.05, 0) is 24.3 Å². The molecule has 0 bridgehead atoms. The molecule has 1 aliphatic rings. The van der Waals surface area contributed by atoms with E-state index in [1.807, 2.05) is 24.3 Å². The van der Waals surface area contributed by atoms with Crippen LogP contribution in [-0.2, 0) is 9.59 Å². The van der Waals surface area contributed by atoms with Gasteiger partial charge >= 0.3 is 0 Å². The molecule has 0 spiro atoms. The van der Waals surface area contributed by atoms with Crippen molar-refractivity contribution < 1.29 is 19.4 Å². The number of hydrogen-bond donors (Lipinski definition) is 2. The molecule has 6 nitrogen and oxygen atoms in total. The largest absolute Gasteiger partial charge is 0.490 e. The van der Waals surface area contributed by atoms with Crippen LogP contribution >= 0.6 is 23.2 Å². The van der Waals surface area contributed by atoms with Crippen molar-refractivity contribution in [2.24, 2.45) is 0 Å². The first-order valence-electron chi connectivity index (χ1n) is 8.87. The Morgan fingerprint density at radius 3 is 2.75 bits per heavy atom. The number of nitrogens with one attached hydrogen (secondary N) is 1. The minimum atomic E-state index is -0.962. The van der Waals surface area contributed by atoms with Crippen LogP contribution in [0.4, 0.5) is 5.69 Å². The molecule has 0 fully saturated rings. The highest BCUT2D eigenvalue weighted by Crippen LogP contribution is 2.31. The van der Waals surface area contributed by atoms with Crippen molar-refractivity contribution >= 4 is 40.7 Å². The maximum absolute atomic E-state index is 12.5. The second kappa shape index (κ2) is 9.28. The maximum atomic E-state index is 12.5. The Hall–Kier alpha value is -2.28. The number of anilines is 1. The maximum Gasteiger partial charge on any atom is 0.227 e. The molecule has 2 N–H and O–H groups in total. The van der Waals surface area contributed by atoms with Crippen molar-refractivity contribution in [2.75, 3.05) is 24.6 Å². The third-order valence-corrected chi connectivity index (χ3v) is 4.97. The molecule has 3 rings (SSSR count). The van der Waals surface area contributed by atoms with E-state index in [2.05, 4.69) is 5.32 Å². The highest BCUT2D eigenvalue weighted by molar-refractivity contribution is 6.35. The van der Waals surface area contributed by atoms with Gasteiger partial charge in [0, 0.05) is 35.0 Å². The highest BCUT2D eigenvalue weighted by Gasteiger charge is 2.23. The number of amides is 2. The number of rotatable bonds is 6. The van der Waals surface area contributed by atoms with Gasteiger partial charge in [0.25, 0.3) is 0 Å². The van der Waals surface area contributed by atoms with Crippen LogP contribution in [0.5, 0.6) is 5.75 Å². The van der Waals surface area contributed by atoms with Crippen molar-refractivity contribution in [1.29, 1.82) is 0 Å². The summed E-state index contributed by atoms with van der Waals surface area (Å²) < 4.78 is 5.53. The normalized spacial score (nSPS) is 14.0. The zero-order valence-electron chi connectivity index (χ0n) is 15.0. The minimum absolute atomic E-state index is 0.00519. The summed E-state index contributed by atoms with van der Waals surface area (Å²) in [5, 5.41) is 13.6. The van der Waals surface area contributed by atoms with Gasteiger partial charge in [0.1, 0.15) is 12.4 Å². The summed E-state index contributed by atoms with van der Waals surface area (Å²) in [5.41, 5.74) is 1.19. The molecule has 1 unspecified atom stereocenters. The third-order valence-electron chi connectivity index (χ3n) is 4.41. The number of aliphatic hydroxyl groups excluding tert-OH is 1. The van der Waals surface area contributed by atoms with Crippen LogP contribution in [-0.4, -0.2) is 36.6 Å². The van der Waals surface area contributed by atoms with E-state index in [4.69, 9.17) is 27.9 Å². The smallest absolute Gasteiger partial charge is 0.227 e. The predicted octanol–water partition coefficient (Wildman–Crippen LogP) is 3.35. The molecule has 1 aliphatic heterocycles. The molecule has 2 amide bonds. The van der Waals surface area contributed by atoms with Gasteiger partial charge in [-0.25, -0.2) is 0 Å². The lowest BCUT2D eigenvalue weighted by Gasteiger charge is -2.29. The molecule has 0 saturated carbocycles. The number of carbonyl (C=O) groups is 2. The van der Waals surface area contributed by atoms with Gasteiger partial charge in [-0.1, -0.05) is 41.4 Å². The Labute approximate surface area is 173 Å². The number of ether oxygens (including phenoxy) is 1. The molecule has 0 aliphatic carbocycles. The van der Waals surface area contributed by atoms with Gasteiger partial charge in [0.05, 0.1) is 18.3 Å². The number of nitrogens with zero attached hydrogens (tertiary/aromatic N) is 1. The fraction of sp³-hybridized carbons (Fsp3) is 0.300. The second-order valence-corrected chi connectivity index (χ2v) is 7.19. The molecule has 0 radical (unpaired) electrons. The Morgan fingerprint density at radius 1 is 1.18 bits per heavy atom. The monoisotopic (exact) mass is 422 g/mol. The molecule has 2 aromatic rings. The Balaban J connectivity index is 1.49. The Morgan fingerprint density at radius 2 is 1.96 bits per heavy atom. The van der Waals surface area contributed by atoms with E-state index in [0.29, 0.717) is 40.2 Å². The van der Waals surface area contributed by atoms with Crippen molar-refractivity contribution in [3.8, 4) is 5.75 Å². The summed E-state index contributed by atoms with van der Waals surface area (Å²) in [4.78, 5) is 26.2. The standard InChI is InChI=1S/C20H20Cl2N2O4/c21-13-5-6-14(15(22)11-13)17(25)12-23-19(26)7-8-20(27)24-9-10-28-18-4-2-1-3-16(18)24/h1-6,11,17,25H,7-10,12H2,(H,23,26). The average molecular weight is 423 g/mol. The summed E-state index contributed by atoms with van der Waals surface area (Å²) in [7, 11) is 0. The molecule has 1 atom stereocenters. The first-order chi connectivity index (χ1) is 13.5. The van der Waals surface area contributed by atoms with Gasteiger partial charge in [0.2, 0.25) is 11.8 Å². The first kappa shape index (κ1) is 20.5. The van der Waals surface area contributed by atoms with Crippen LogP contribution < -0.4 is 15.0 Å². The van der Waals surface area contributed by atoms with Crippen LogP contribution in [0, 0.1) is 0 Å². The Bertz CT molecular complexity index is 875. The van der Waals surface area contributed by atoms with E-state index in [9.17, 15) is 14.7 Å². The number of fused-ring (bicyclic) bond motifs is 1. The summed E-state index contributed by atoms with van der Waals surface area (Å²) >= 11 is 11.9. The van der Waals surface area contributed by atoms with Gasteiger partial charge in [-0.15, -0.1) is 0 Å². The fourth-order valence-corrected chi connectivity index (χ4v) is 3.50. The van der Waals surface area contributed by atoms with Gasteiger partial charge in [0.15, 0.2) is 0 Å². The van der Waals surface area contributed by atoms with E-state index >= 15 is 0 Å². The van der Waals surface area contributed by atoms with Crippen LogP contribution in [0.15, 0.2) is 42.5 Å². The summed E-state index contributed by atoms with van der Waals surface area (Å²) in [6, 6.07) is 12.1. The quantitative estimate of drug-likeness (QED) is 0.747. The molecule has 0 saturated heterocycles. The topological polar surface area (TPSA) is 78.9 Å². The lowest BCUT2D eigenvalue weighted by molar-refractivity contribution is -0.125. The van der Waals surface area contributed by atoms with Crippen molar-refractivity contribution in [1.82, 2.24) is 5.32 Å². The second-order valence-electron chi connectivity index (χ2n) is 6.35. The van der Waals surface area contributed by atoms with Crippen LogP contribution in [0.2, 0.25) is 10.0 Å². The van der Waals surface area contributed by atoms with E-state index in [0.717, 1.165) is 0 Å². The summed E-state index contributed by atoms with van der Waals surface area (Å²) in [6.45, 7) is 0.864. The van der Waals surface area contributed by atoms with Gasteiger partial charge in [-0.3, -0.25) is 9.59 Å². The fourth-order valence-electron chi connectivity index (χ4n) is 2.96. The molecular weight excluding hydrogens is 403 g/mol. The van der Waals surface area contributed by atoms with Crippen molar-refractivity contribution in [3.05, 3.63) is 58.1 Å². The van der Waals surface area contributed by atoms with Crippen LogP contribution in [0.3, 0.4) is 0 Å². The molecular formula is C20H20Cl2N2O4. The van der Waals surface area contributed by atoms with E-state index < -0.39 is 6.10 Å². The van der Waals surface area contributed by atoms with Gasteiger partial charge < -0.3 is 20.1 Å². The lowest BCUT2D eigenvalue weighted by Crippen LogP contribution is -2.38. The zero-order valence-corrected chi connectivity index (χ0v) is 16.5. The number of aliphatic hydroxyl groups is 1. The summed E-state index contributed by atoms with van der Waals surface area (Å²) in [6.07, 6.45) is -0.868. The van der Waals surface area contributed by atoms with Crippen molar-refractivity contribution in [2.45, 2.75) is 18.9 Å². The molecule has 8 heteroatoms. The first-order valence-corrected chi connectivity index (χ1v) is 9.63. The zero-order chi connectivity index (χ0) is 20.1. The number of carbonyl (C=O) groups excluding carboxylic acids is 2. The van der Waals surface area contributed by atoms with E-state index in [1.165, 1.54) is 6.07 Å². The number of halogens is 2. The number of benzene rings is 2. The summed E-state index contributed by atoms with van der Waals surface area (Å²) in [5.74, 6) is 0.195. The van der Waals surface area contributed by atoms with E-state index in [1.54, 1.807) is 17.0 Å². The van der Waals surface area contributed by atoms with Crippen LogP contribution in [0.25, 0.3) is 0 Å². The van der Waals surface area contributed by atoms with Crippen molar-refractivity contribution in [3.63, 3.8) is 0 Å². The molecule has 148 valence electrons.